The maximum absolute atomic E-state index is 13.6. The zero-order chi connectivity index (χ0) is 19.3. The summed E-state index contributed by atoms with van der Waals surface area (Å²) in [6.07, 6.45) is 1.49. The lowest BCUT2D eigenvalue weighted by molar-refractivity contribution is 0.0985. The Kier molecular flexibility index (Phi) is 4.93. The number of tetrazole rings is 1. The third kappa shape index (κ3) is 3.66. The highest BCUT2D eigenvalue weighted by Gasteiger charge is 2.22. The van der Waals surface area contributed by atoms with Crippen molar-refractivity contribution < 1.29 is 4.79 Å². The summed E-state index contributed by atoms with van der Waals surface area (Å²) in [5.41, 5.74) is 4.17. The lowest BCUT2D eigenvalue weighted by atomic mass is 10.1. The topological polar surface area (TPSA) is 63.9 Å². The first-order chi connectivity index (χ1) is 13.7. The van der Waals surface area contributed by atoms with Crippen LogP contribution in [-0.2, 0) is 6.54 Å². The Morgan fingerprint density at radius 1 is 0.964 bits per heavy atom. The Labute approximate surface area is 163 Å². The molecule has 0 N–H and O–H groups in total. The van der Waals surface area contributed by atoms with Crippen molar-refractivity contribution in [1.29, 1.82) is 0 Å². The van der Waals surface area contributed by atoms with E-state index in [1.165, 1.54) is 11.0 Å². The Morgan fingerprint density at radius 3 is 2.50 bits per heavy atom. The molecule has 1 amide bonds. The minimum Gasteiger partial charge on any atom is -0.304 e. The molecule has 28 heavy (non-hydrogen) atoms. The standard InChI is InChI=1S/C22H19N5O/c1-17-8-7-11-19(14-17)26(15-18-9-3-2-4-10-18)22(28)20-12-5-6-13-21(20)27-16-23-24-25-27/h2-14,16H,15H2,1H3. The fourth-order valence-electron chi connectivity index (χ4n) is 3.11. The van der Waals surface area contributed by atoms with Crippen LogP contribution in [0.2, 0.25) is 0 Å². The van der Waals surface area contributed by atoms with Crippen LogP contribution in [0.4, 0.5) is 5.69 Å². The van der Waals surface area contributed by atoms with Crippen LogP contribution in [0.3, 0.4) is 0 Å². The summed E-state index contributed by atoms with van der Waals surface area (Å²) in [6, 6.07) is 25.2. The number of carbonyl (C=O) groups is 1. The van der Waals surface area contributed by atoms with Gasteiger partial charge in [0.2, 0.25) is 0 Å². The van der Waals surface area contributed by atoms with E-state index in [0.717, 1.165) is 16.8 Å². The van der Waals surface area contributed by atoms with E-state index < -0.39 is 0 Å². The van der Waals surface area contributed by atoms with Crippen LogP contribution >= 0.6 is 0 Å². The Morgan fingerprint density at radius 2 is 1.75 bits per heavy atom. The highest BCUT2D eigenvalue weighted by atomic mass is 16.2. The van der Waals surface area contributed by atoms with Crippen LogP contribution in [0.1, 0.15) is 21.5 Å². The van der Waals surface area contributed by atoms with Crippen LogP contribution in [0.25, 0.3) is 5.69 Å². The highest BCUT2D eigenvalue weighted by molar-refractivity contribution is 6.08. The molecule has 1 heterocycles. The Bertz CT molecular complexity index is 1080. The quantitative estimate of drug-likeness (QED) is 0.536. The minimum atomic E-state index is -0.111. The van der Waals surface area contributed by atoms with Crippen molar-refractivity contribution in [3.05, 3.63) is 102 Å². The van der Waals surface area contributed by atoms with Gasteiger partial charge in [-0.25, -0.2) is 0 Å². The summed E-state index contributed by atoms with van der Waals surface area (Å²) in [4.78, 5) is 15.4. The van der Waals surface area contributed by atoms with Gasteiger partial charge in [-0.15, -0.1) is 5.10 Å². The van der Waals surface area contributed by atoms with Crippen molar-refractivity contribution in [2.24, 2.45) is 0 Å². The highest BCUT2D eigenvalue weighted by Crippen LogP contribution is 2.24. The van der Waals surface area contributed by atoms with Crippen LogP contribution in [-0.4, -0.2) is 26.1 Å². The summed E-state index contributed by atoms with van der Waals surface area (Å²) in [7, 11) is 0. The largest absolute Gasteiger partial charge is 0.304 e. The van der Waals surface area contributed by atoms with Crippen LogP contribution in [0, 0.1) is 6.92 Å². The molecule has 0 aliphatic heterocycles. The number of para-hydroxylation sites is 1. The molecule has 0 fully saturated rings. The summed E-state index contributed by atoms with van der Waals surface area (Å²) in [5, 5.41) is 11.3. The molecule has 4 aromatic rings. The molecule has 4 rings (SSSR count). The lowest BCUT2D eigenvalue weighted by Gasteiger charge is -2.24. The molecular weight excluding hydrogens is 350 g/mol. The Balaban J connectivity index is 1.78. The normalized spacial score (nSPS) is 10.6. The molecule has 0 saturated carbocycles. The van der Waals surface area contributed by atoms with E-state index in [1.54, 1.807) is 11.0 Å². The number of rotatable bonds is 5. The number of amides is 1. The van der Waals surface area contributed by atoms with Gasteiger partial charge in [0.15, 0.2) is 0 Å². The van der Waals surface area contributed by atoms with Gasteiger partial charge in [-0.3, -0.25) is 4.79 Å². The summed E-state index contributed by atoms with van der Waals surface area (Å²) >= 11 is 0. The van der Waals surface area contributed by atoms with Crippen molar-refractivity contribution >= 4 is 11.6 Å². The summed E-state index contributed by atoms with van der Waals surface area (Å²) in [5.74, 6) is -0.111. The smallest absolute Gasteiger partial charge is 0.260 e. The SMILES string of the molecule is Cc1cccc(N(Cc2ccccc2)C(=O)c2ccccc2-n2cnnn2)c1. The second-order valence-electron chi connectivity index (χ2n) is 6.49. The van der Waals surface area contributed by atoms with Gasteiger partial charge in [0.05, 0.1) is 17.8 Å². The predicted molar refractivity (Wildman–Crippen MR) is 107 cm³/mol. The second-order valence-corrected chi connectivity index (χ2v) is 6.49. The van der Waals surface area contributed by atoms with Gasteiger partial charge in [-0.2, -0.15) is 4.68 Å². The molecule has 0 unspecified atom stereocenters. The third-order valence-corrected chi connectivity index (χ3v) is 4.47. The van der Waals surface area contributed by atoms with Gasteiger partial charge in [0, 0.05) is 5.69 Å². The van der Waals surface area contributed by atoms with E-state index in [0.29, 0.717) is 17.8 Å². The predicted octanol–water partition coefficient (Wildman–Crippen LogP) is 3.82. The molecule has 0 saturated heterocycles. The van der Waals surface area contributed by atoms with E-state index in [2.05, 4.69) is 15.5 Å². The van der Waals surface area contributed by atoms with Crippen molar-refractivity contribution in [2.75, 3.05) is 4.90 Å². The number of anilines is 1. The zero-order valence-electron chi connectivity index (χ0n) is 15.4. The molecule has 0 aliphatic carbocycles. The van der Waals surface area contributed by atoms with Crippen LogP contribution in [0.5, 0.6) is 0 Å². The third-order valence-electron chi connectivity index (χ3n) is 4.47. The van der Waals surface area contributed by atoms with Crippen LogP contribution < -0.4 is 4.90 Å². The van der Waals surface area contributed by atoms with Gasteiger partial charge in [-0.1, -0.05) is 54.6 Å². The first-order valence-electron chi connectivity index (χ1n) is 8.97. The second kappa shape index (κ2) is 7.84. The lowest BCUT2D eigenvalue weighted by Crippen LogP contribution is -2.31. The fourth-order valence-corrected chi connectivity index (χ4v) is 3.11. The van der Waals surface area contributed by atoms with E-state index >= 15 is 0 Å². The van der Waals surface area contributed by atoms with E-state index in [4.69, 9.17) is 0 Å². The molecule has 0 atom stereocenters. The van der Waals surface area contributed by atoms with E-state index in [9.17, 15) is 4.79 Å². The van der Waals surface area contributed by atoms with Crippen molar-refractivity contribution in [3.63, 3.8) is 0 Å². The van der Waals surface area contributed by atoms with Crippen molar-refractivity contribution in [2.45, 2.75) is 13.5 Å². The van der Waals surface area contributed by atoms with Gasteiger partial charge in [0.25, 0.3) is 5.91 Å². The number of hydrogen-bond donors (Lipinski definition) is 0. The number of benzene rings is 3. The number of hydrogen-bond acceptors (Lipinski definition) is 4. The van der Waals surface area contributed by atoms with E-state index in [-0.39, 0.29) is 5.91 Å². The molecule has 0 spiro atoms. The molecule has 0 radical (unpaired) electrons. The maximum atomic E-state index is 13.6. The number of aryl methyl sites for hydroxylation is 1. The summed E-state index contributed by atoms with van der Waals surface area (Å²) in [6.45, 7) is 2.48. The average molecular weight is 369 g/mol. The fraction of sp³-hybridized carbons (Fsp3) is 0.0909. The van der Waals surface area contributed by atoms with Gasteiger partial charge in [-0.05, 0) is 52.7 Å². The van der Waals surface area contributed by atoms with Crippen LogP contribution in [0.15, 0.2) is 85.2 Å². The average Bonchev–Trinajstić information content (AvgIpc) is 3.27. The Hall–Kier alpha value is -3.80. The first-order valence-corrected chi connectivity index (χ1v) is 8.97. The molecule has 0 bridgehead atoms. The monoisotopic (exact) mass is 369 g/mol. The number of aromatic nitrogens is 4. The molecule has 6 nitrogen and oxygen atoms in total. The van der Waals surface area contributed by atoms with Crippen molar-refractivity contribution in [3.8, 4) is 5.69 Å². The van der Waals surface area contributed by atoms with Gasteiger partial charge >= 0.3 is 0 Å². The molecule has 3 aromatic carbocycles. The van der Waals surface area contributed by atoms with Gasteiger partial charge in [0.1, 0.15) is 6.33 Å². The summed E-state index contributed by atoms with van der Waals surface area (Å²) < 4.78 is 1.50. The molecule has 1 aromatic heterocycles. The molecule has 138 valence electrons. The minimum absolute atomic E-state index is 0.111. The maximum Gasteiger partial charge on any atom is 0.260 e. The molecule has 6 heteroatoms. The number of carbonyl (C=O) groups excluding carboxylic acids is 1. The van der Waals surface area contributed by atoms with Crippen molar-refractivity contribution in [1.82, 2.24) is 20.2 Å². The zero-order valence-corrected chi connectivity index (χ0v) is 15.4. The molecule has 0 aliphatic rings. The van der Waals surface area contributed by atoms with Gasteiger partial charge < -0.3 is 4.90 Å². The van der Waals surface area contributed by atoms with E-state index in [1.807, 2.05) is 79.7 Å². The first kappa shape index (κ1) is 17.6. The number of nitrogens with zero attached hydrogens (tertiary/aromatic N) is 5. The molecular formula is C22H19N5O.